The number of amides is 1. The highest BCUT2D eigenvalue weighted by atomic mass is 16.7. The van der Waals surface area contributed by atoms with E-state index in [1.54, 1.807) is 0 Å². The number of hydrogen-bond acceptors (Lipinski definition) is 7. The zero-order chi connectivity index (χ0) is 32.6. The fraction of sp³-hybridized carbons (Fsp3) is 0.474. The first kappa shape index (κ1) is 33.3. The summed E-state index contributed by atoms with van der Waals surface area (Å²) in [7, 11) is 0. The van der Waals surface area contributed by atoms with Crippen LogP contribution in [0.25, 0.3) is 11.1 Å². The molecule has 3 N–H and O–H groups in total. The first-order valence-electron chi connectivity index (χ1n) is 17.1. The van der Waals surface area contributed by atoms with Gasteiger partial charge in [-0.25, -0.2) is 0 Å². The summed E-state index contributed by atoms with van der Waals surface area (Å²) in [4.78, 5) is 28.0. The third-order valence-corrected chi connectivity index (χ3v) is 9.72. The number of carbonyl (C=O) groups is 2. The van der Waals surface area contributed by atoms with Gasteiger partial charge in [0.25, 0.3) is 0 Å². The third kappa shape index (κ3) is 9.06. The minimum Gasteiger partial charge on any atom is -0.481 e. The van der Waals surface area contributed by atoms with Gasteiger partial charge < -0.3 is 29.9 Å². The zero-order valence-corrected chi connectivity index (χ0v) is 27.1. The Balaban J connectivity index is 1.14. The van der Waals surface area contributed by atoms with Crippen molar-refractivity contribution < 1.29 is 29.3 Å². The molecule has 3 aromatic carbocycles. The summed E-state index contributed by atoms with van der Waals surface area (Å²) in [5.41, 5.74) is 5.95. The van der Waals surface area contributed by atoms with E-state index < -0.39 is 12.3 Å². The minimum atomic E-state index is -0.981. The largest absolute Gasteiger partial charge is 0.481 e. The highest BCUT2D eigenvalue weighted by Crippen LogP contribution is 2.39. The Bertz CT molecular complexity index is 1470. The summed E-state index contributed by atoms with van der Waals surface area (Å²) in [6.07, 6.45) is 5.07. The van der Waals surface area contributed by atoms with Crippen molar-refractivity contribution in [3.05, 3.63) is 95.1 Å². The van der Waals surface area contributed by atoms with Crippen molar-refractivity contribution in [3.63, 3.8) is 0 Å². The molecule has 0 bridgehead atoms. The Morgan fingerprint density at radius 2 is 1.57 bits per heavy atom. The predicted octanol–water partition coefficient (Wildman–Crippen LogP) is 5.43. The van der Waals surface area contributed by atoms with E-state index in [1.165, 1.54) is 38.8 Å². The zero-order valence-electron chi connectivity index (χ0n) is 27.1. The highest BCUT2D eigenvalue weighted by Gasteiger charge is 2.36. The van der Waals surface area contributed by atoms with E-state index in [0.717, 1.165) is 59.4 Å². The van der Waals surface area contributed by atoms with Gasteiger partial charge in [-0.2, -0.15) is 0 Å². The van der Waals surface area contributed by atoms with Crippen LogP contribution in [-0.4, -0.2) is 76.8 Å². The Hall–Kier alpha value is -3.60. The summed E-state index contributed by atoms with van der Waals surface area (Å²) in [6.45, 7) is 5.95. The van der Waals surface area contributed by atoms with Gasteiger partial charge in [0.05, 0.1) is 25.2 Å². The molecule has 0 aromatic heterocycles. The maximum Gasteiger partial charge on any atom is 0.303 e. The van der Waals surface area contributed by atoms with Gasteiger partial charge in [0.1, 0.15) is 0 Å². The quantitative estimate of drug-likeness (QED) is 0.227. The standard InChI is InChI=1S/C38H47N3O6/c42-26-27-8-10-30(11-9-27)35-22-34(25-41-20-4-7-33(41)24-40-18-1-2-19-40)46-38(47-35)31-14-12-29(13-15-31)32-6-3-5-28(21-32)23-39-36(43)16-17-37(44)45/h3,5-6,8-15,21,33-35,38,42H,1-2,4,7,16-20,22-26H2,(H,39,43)(H,44,45)/t33-,34-,35+,38+/m0/s1. The van der Waals surface area contributed by atoms with Crippen LogP contribution in [0.4, 0.5) is 0 Å². The summed E-state index contributed by atoms with van der Waals surface area (Å²) >= 11 is 0. The van der Waals surface area contributed by atoms with E-state index in [9.17, 15) is 14.7 Å². The molecular formula is C38H47N3O6. The lowest BCUT2D eigenvalue weighted by molar-refractivity contribution is -0.253. The van der Waals surface area contributed by atoms with E-state index in [2.05, 4.69) is 51.5 Å². The van der Waals surface area contributed by atoms with Crippen molar-refractivity contribution in [2.75, 3.05) is 32.7 Å². The number of likely N-dealkylation sites (tertiary alicyclic amines) is 2. The highest BCUT2D eigenvalue weighted by molar-refractivity contribution is 5.80. The number of hydrogen-bond donors (Lipinski definition) is 3. The molecule has 3 saturated heterocycles. The Morgan fingerprint density at radius 3 is 2.32 bits per heavy atom. The topological polar surface area (TPSA) is 112 Å². The Labute approximate surface area is 277 Å². The number of benzene rings is 3. The molecule has 0 radical (unpaired) electrons. The van der Waals surface area contributed by atoms with E-state index in [-0.39, 0.29) is 37.6 Å². The summed E-state index contributed by atoms with van der Waals surface area (Å²) in [5, 5.41) is 21.2. The lowest BCUT2D eigenvalue weighted by Crippen LogP contribution is -2.45. The second-order valence-corrected chi connectivity index (χ2v) is 13.1. The molecule has 6 rings (SSSR count). The second-order valence-electron chi connectivity index (χ2n) is 13.1. The molecule has 1 amide bonds. The number of ether oxygens (including phenoxy) is 2. The maximum atomic E-state index is 12.0. The summed E-state index contributed by atoms with van der Waals surface area (Å²) in [5.74, 6) is -1.26. The SMILES string of the molecule is O=C(O)CCC(=O)NCc1cccc(-c2ccc([C@@H]3O[C@H](CN4CCC[C@H]4CN4CCCC4)C[C@H](c4ccc(CO)cc4)O3)cc2)c1. The molecule has 250 valence electrons. The van der Waals surface area contributed by atoms with Gasteiger partial charge in [-0.15, -0.1) is 0 Å². The van der Waals surface area contributed by atoms with Crippen LogP contribution in [0, 0.1) is 0 Å². The van der Waals surface area contributed by atoms with Crippen LogP contribution in [0.2, 0.25) is 0 Å². The molecular weight excluding hydrogens is 594 g/mol. The molecule has 0 unspecified atom stereocenters. The minimum absolute atomic E-state index is 0.0181. The number of nitrogens with zero attached hydrogens (tertiary/aromatic N) is 2. The molecule has 0 aliphatic carbocycles. The number of rotatable bonds is 13. The molecule has 3 aliphatic heterocycles. The van der Waals surface area contributed by atoms with Crippen molar-refractivity contribution in [3.8, 4) is 11.1 Å². The third-order valence-electron chi connectivity index (χ3n) is 9.72. The van der Waals surface area contributed by atoms with Crippen molar-refractivity contribution in [1.82, 2.24) is 15.1 Å². The number of aliphatic hydroxyl groups excluding tert-OH is 1. The van der Waals surface area contributed by atoms with E-state index in [4.69, 9.17) is 14.6 Å². The monoisotopic (exact) mass is 641 g/mol. The average Bonchev–Trinajstić information content (AvgIpc) is 3.79. The number of carboxylic acids is 1. The summed E-state index contributed by atoms with van der Waals surface area (Å²) in [6, 6.07) is 24.9. The number of nitrogens with one attached hydrogen (secondary N) is 1. The van der Waals surface area contributed by atoms with Crippen LogP contribution in [0.1, 0.15) is 79.6 Å². The first-order valence-corrected chi connectivity index (χ1v) is 17.1. The molecule has 47 heavy (non-hydrogen) atoms. The van der Waals surface area contributed by atoms with Crippen molar-refractivity contribution >= 4 is 11.9 Å². The van der Waals surface area contributed by atoms with Gasteiger partial charge in [0.15, 0.2) is 6.29 Å². The van der Waals surface area contributed by atoms with Crippen LogP contribution in [0.3, 0.4) is 0 Å². The molecule has 3 heterocycles. The smallest absolute Gasteiger partial charge is 0.303 e. The lowest BCUT2D eigenvalue weighted by Gasteiger charge is -2.39. The Kier molecular flexibility index (Phi) is 11.3. The van der Waals surface area contributed by atoms with Crippen LogP contribution in [0.15, 0.2) is 72.8 Å². The van der Waals surface area contributed by atoms with Crippen LogP contribution < -0.4 is 5.32 Å². The molecule has 9 heteroatoms. The van der Waals surface area contributed by atoms with Gasteiger partial charge in [-0.05, 0) is 79.2 Å². The van der Waals surface area contributed by atoms with E-state index in [0.29, 0.717) is 12.6 Å². The second kappa shape index (κ2) is 16.0. The molecule has 4 atom stereocenters. The first-order chi connectivity index (χ1) is 22.9. The predicted molar refractivity (Wildman–Crippen MR) is 179 cm³/mol. The fourth-order valence-corrected chi connectivity index (χ4v) is 7.10. The van der Waals surface area contributed by atoms with Crippen LogP contribution >= 0.6 is 0 Å². The molecule has 0 saturated carbocycles. The lowest BCUT2D eigenvalue weighted by atomic mass is 9.98. The molecule has 3 aromatic rings. The molecule has 9 nitrogen and oxygen atoms in total. The van der Waals surface area contributed by atoms with Gasteiger partial charge in [0, 0.05) is 44.1 Å². The number of aliphatic carboxylic acids is 1. The fourth-order valence-electron chi connectivity index (χ4n) is 7.10. The number of carbonyl (C=O) groups excluding carboxylic acids is 1. The van der Waals surface area contributed by atoms with E-state index in [1.807, 2.05) is 36.4 Å². The maximum absolute atomic E-state index is 12.0. The van der Waals surface area contributed by atoms with Gasteiger partial charge in [0.2, 0.25) is 5.91 Å². The van der Waals surface area contributed by atoms with E-state index >= 15 is 0 Å². The van der Waals surface area contributed by atoms with Crippen molar-refractivity contribution in [1.29, 1.82) is 0 Å². The van der Waals surface area contributed by atoms with Crippen LogP contribution in [0.5, 0.6) is 0 Å². The van der Waals surface area contributed by atoms with Crippen molar-refractivity contribution in [2.45, 2.75) is 82.6 Å². The summed E-state index contributed by atoms with van der Waals surface area (Å²) < 4.78 is 13.3. The van der Waals surface area contributed by atoms with Gasteiger partial charge in [-0.1, -0.05) is 66.7 Å². The molecule has 3 fully saturated rings. The van der Waals surface area contributed by atoms with Crippen molar-refractivity contribution in [2.24, 2.45) is 0 Å². The normalized spacial score (nSPS) is 23.6. The average molecular weight is 642 g/mol. The number of aliphatic hydroxyl groups is 1. The van der Waals surface area contributed by atoms with Gasteiger partial charge in [-0.3, -0.25) is 14.5 Å². The Morgan fingerprint density at radius 1 is 0.809 bits per heavy atom. The molecule has 3 aliphatic rings. The molecule has 0 spiro atoms. The van der Waals surface area contributed by atoms with Gasteiger partial charge >= 0.3 is 5.97 Å². The number of carboxylic acid groups (broad SMARTS) is 1. The van der Waals surface area contributed by atoms with Crippen LogP contribution in [-0.2, 0) is 32.2 Å².